The van der Waals surface area contributed by atoms with Crippen LogP contribution in [0.25, 0.3) is 0 Å². The van der Waals surface area contributed by atoms with E-state index in [1.54, 1.807) is 48.2 Å². The summed E-state index contributed by atoms with van der Waals surface area (Å²) in [5, 5.41) is 11.6. The number of carbonyl (C=O) groups is 2. The van der Waals surface area contributed by atoms with Crippen LogP contribution in [-0.2, 0) is 9.53 Å². The Morgan fingerprint density at radius 2 is 1.66 bits per heavy atom. The summed E-state index contributed by atoms with van der Waals surface area (Å²) < 4.78 is 10.9. The first-order valence-electron chi connectivity index (χ1n) is 11.4. The van der Waals surface area contributed by atoms with Gasteiger partial charge in [-0.05, 0) is 44.0 Å². The zero-order valence-electron chi connectivity index (χ0n) is 19.3. The predicted octanol–water partition coefficient (Wildman–Crippen LogP) is 4.79. The maximum Gasteiger partial charge on any atom is 0.311 e. The van der Waals surface area contributed by atoms with Crippen LogP contribution in [0.15, 0.2) is 66.7 Å². The van der Waals surface area contributed by atoms with Gasteiger partial charge in [0.25, 0.3) is 0 Å². The minimum absolute atomic E-state index is 0.0980. The van der Waals surface area contributed by atoms with E-state index >= 15 is 0 Å². The van der Waals surface area contributed by atoms with Crippen LogP contribution < -0.4 is 9.64 Å². The molecule has 4 rings (SSSR count). The number of nitro groups is 1. The molecule has 35 heavy (non-hydrogen) atoms. The van der Waals surface area contributed by atoms with Gasteiger partial charge in [-0.3, -0.25) is 19.7 Å². The Kier molecular flexibility index (Phi) is 7.35. The topological polar surface area (TPSA) is 112 Å². The quantitative estimate of drug-likeness (QED) is 0.198. The molecular weight excluding hydrogens is 450 g/mol. The Hall–Kier alpha value is -4.27. The zero-order valence-corrected chi connectivity index (χ0v) is 19.3. The Morgan fingerprint density at radius 1 is 1.00 bits per heavy atom. The molecule has 3 aromatic rings. The summed E-state index contributed by atoms with van der Waals surface area (Å²) in [5.41, 5.74) is 0.982. The van der Waals surface area contributed by atoms with Gasteiger partial charge < -0.3 is 14.4 Å². The van der Waals surface area contributed by atoms with Gasteiger partial charge in [0.2, 0.25) is 11.7 Å². The van der Waals surface area contributed by atoms with E-state index in [1.807, 2.05) is 18.2 Å². The second kappa shape index (κ2) is 10.8. The highest BCUT2D eigenvalue weighted by Crippen LogP contribution is 2.33. The molecule has 0 saturated carbocycles. The number of pyridine rings is 1. The highest BCUT2D eigenvalue weighted by Gasteiger charge is 2.30. The maximum atomic E-state index is 12.6. The summed E-state index contributed by atoms with van der Waals surface area (Å²) in [6.07, 6.45) is 1.05. The molecule has 0 bridgehead atoms. The van der Waals surface area contributed by atoms with Gasteiger partial charge in [0.15, 0.2) is 5.78 Å². The molecule has 9 heteroatoms. The van der Waals surface area contributed by atoms with Crippen molar-refractivity contribution in [1.29, 1.82) is 0 Å². The summed E-state index contributed by atoms with van der Waals surface area (Å²) in [6, 6.07) is 18.4. The van der Waals surface area contributed by atoms with E-state index in [1.165, 1.54) is 12.1 Å². The highest BCUT2D eigenvalue weighted by molar-refractivity contribution is 6.08. The van der Waals surface area contributed by atoms with Gasteiger partial charge in [-0.2, -0.15) is 4.98 Å². The molecule has 1 saturated heterocycles. The molecule has 9 nitrogen and oxygen atoms in total. The summed E-state index contributed by atoms with van der Waals surface area (Å²) in [4.78, 5) is 41.9. The van der Waals surface area contributed by atoms with E-state index < -0.39 is 4.92 Å². The molecular formula is C26H25N3O6. The average molecular weight is 476 g/mol. The Morgan fingerprint density at radius 3 is 2.29 bits per heavy atom. The van der Waals surface area contributed by atoms with Crippen LogP contribution in [0, 0.1) is 16.0 Å². The van der Waals surface area contributed by atoms with Crippen LogP contribution in [0.3, 0.4) is 0 Å². The smallest absolute Gasteiger partial charge is 0.311 e. The number of carbonyl (C=O) groups excluding carboxylic acids is 2. The Bertz CT molecular complexity index is 1210. The van der Waals surface area contributed by atoms with E-state index in [4.69, 9.17) is 9.47 Å². The van der Waals surface area contributed by atoms with Crippen LogP contribution in [-0.4, -0.2) is 41.4 Å². The van der Waals surface area contributed by atoms with Gasteiger partial charge >= 0.3 is 11.7 Å². The van der Waals surface area contributed by atoms with Crippen molar-refractivity contribution in [2.45, 2.75) is 19.8 Å². The van der Waals surface area contributed by atoms with Crippen molar-refractivity contribution >= 4 is 23.3 Å². The van der Waals surface area contributed by atoms with Crippen molar-refractivity contribution in [3.63, 3.8) is 0 Å². The third-order valence-corrected chi connectivity index (χ3v) is 5.81. The summed E-state index contributed by atoms with van der Waals surface area (Å²) >= 11 is 0. The molecule has 1 aliphatic rings. The van der Waals surface area contributed by atoms with Crippen LogP contribution in [0.1, 0.15) is 35.7 Å². The van der Waals surface area contributed by atoms with Crippen LogP contribution in [0.2, 0.25) is 0 Å². The number of hydrogen-bond donors (Lipinski definition) is 0. The molecule has 0 unspecified atom stereocenters. The average Bonchev–Trinajstić information content (AvgIpc) is 2.89. The monoisotopic (exact) mass is 475 g/mol. The SMILES string of the molecule is CCOC(=O)C1CCN(c2nc(Oc3ccc(C(=O)c4ccccc4)cc3)ccc2[N+](=O)[O-])CC1. The molecule has 1 aliphatic heterocycles. The zero-order chi connectivity index (χ0) is 24.8. The lowest BCUT2D eigenvalue weighted by atomic mass is 9.97. The second-order valence-electron chi connectivity index (χ2n) is 8.08. The van der Waals surface area contributed by atoms with Gasteiger partial charge in [-0.15, -0.1) is 0 Å². The fourth-order valence-electron chi connectivity index (χ4n) is 3.99. The third kappa shape index (κ3) is 5.63. The first-order valence-corrected chi connectivity index (χ1v) is 11.4. The number of benzene rings is 2. The molecule has 180 valence electrons. The Labute approximate surface area is 202 Å². The maximum absolute atomic E-state index is 12.6. The number of ketones is 1. The summed E-state index contributed by atoms with van der Waals surface area (Å²) in [5.74, 6) is 0.288. The van der Waals surface area contributed by atoms with Crippen LogP contribution in [0.4, 0.5) is 11.5 Å². The molecule has 0 spiro atoms. The molecule has 0 N–H and O–H groups in total. The van der Waals surface area contributed by atoms with Crippen molar-refractivity contribution < 1.29 is 24.0 Å². The molecule has 0 amide bonds. The number of rotatable bonds is 8. The number of anilines is 1. The van der Waals surface area contributed by atoms with Crippen molar-refractivity contribution in [3.8, 4) is 11.6 Å². The number of esters is 1. The van der Waals surface area contributed by atoms with Gasteiger partial charge in [-0.1, -0.05) is 30.3 Å². The van der Waals surface area contributed by atoms with Gasteiger partial charge in [0.1, 0.15) is 5.75 Å². The lowest BCUT2D eigenvalue weighted by Gasteiger charge is -2.31. The molecule has 2 aromatic carbocycles. The molecule has 1 fully saturated rings. The summed E-state index contributed by atoms with van der Waals surface area (Å²) in [6.45, 7) is 2.97. The molecule has 0 radical (unpaired) electrons. The second-order valence-corrected chi connectivity index (χ2v) is 8.08. The van der Waals surface area contributed by atoms with Gasteiger partial charge in [-0.25, -0.2) is 0 Å². The normalized spacial score (nSPS) is 13.8. The van der Waals surface area contributed by atoms with Crippen molar-refractivity contribution in [1.82, 2.24) is 4.98 Å². The molecule has 0 atom stereocenters. The minimum atomic E-state index is -0.479. The Balaban J connectivity index is 1.48. The van der Waals surface area contributed by atoms with E-state index in [9.17, 15) is 19.7 Å². The number of nitrogens with zero attached hydrogens (tertiary/aromatic N) is 3. The fourth-order valence-corrected chi connectivity index (χ4v) is 3.99. The molecule has 0 aliphatic carbocycles. The van der Waals surface area contributed by atoms with E-state index in [2.05, 4.69) is 4.98 Å². The molecule has 1 aromatic heterocycles. The van der Waals surface area contributed by atoms with E-state index in [0.29, 0.717) is 49.4 Å². The number of piperidine rings is 1. The van der Waals surface area contributed by atoms with Crippen molar-refractivity contribution in [3.05, 3.63) is 88.0 Å². The number of ether oxygens (including phenoxy) is 2. The van der Waals surface area contributed by atoms with Gasteiger partial charge in [0.05, 0.1) is 17.4 Å². The first kappa shape index (κ1) is 23.9. The minimum Gasteiger partial charge on any atom is -0.466 e. The van der Waals surface area contributed by atoms with Crippen LogP contribution in [0.5, 0.6) is 11.6 Å². The molecule has 2 heterocycles. The number of aromatic nitrogens is 1. The predicted molar refractivity (Wildman–Crippen MR) is 129 cm³/mol. The largest absolute Gasteiger partial charge is 0.466 e. The fraction of sp³-hybridized carbons (Fsp3) is 0.269. The van der Waals surface area contributed by atoms with Crippen molar-refractivity contribution in [2.75, 3.05) is 24.6 Å². The van der Waals surface area contributed by atoms with E-state index in [0.717, 1.165) is 0 Å². The van der Waals surface area contributed by atoms with Crippen molar-refractivity contribution in [2.24, 2.45) is 5.92 Å². The van der Waals surface area contributed by atoms with E-state index in [-0.39, 0.29) is 35.1 Å². The highest BCUT2D eigenvalue weighted by atomic mass is 16.6. The number of hydrogen-bond acceptors (Lipinski definition) is 8. The lowest BCUT2D eigenvalue weighted by molar-refractivity contribution is -0.384. The van der Waals surface area contributed by atoms with Crippen LogP contribution >= 0.6 is 0 Å². The lowest BCUT2D eigenvalue weighted by Crippen LogP contribution is -2.37. The summed E-state index contributed by atoms with van der Waals surface area (Å²) in [7, 11) is 0. The first-order chi connectivity index (χ1) is 17.0. The van der Waals surface area contributed by atoms with Gasteiger partial charge in [0, 0.05) is 36.3 Å². The standard InChI is InChI=1S/C26H25N3O6/c1-2-34-26(31)20-14-16-28(17-15-20)25-22(29(32)33)12-13-23(27-25)35-21-10-8-19(9-11-21)24(30)18-6-4-3-5-7-18/h3-13,20H,2,14-17H2,1H3. The third-order valence-electron chi connectivity index (χ3n) is 5.81.